The third kappa shape index (κ3) is 5.27. The van der Waals surface area contributed by atoms with Crippen molar-refractivity contribution in [2.24, 2.45) is 0 Å². The second-order valence-corrected chi connectivity index (χ2v) is 5.76. The van der Waals surface area contributed by atoms with Gasteiger partial charge in [-0.15, -0.1) is 0 Å². The van der Waals surface area contributed by atoms with Crippen molar-refractivity contribution in [3.63, 3.8) is 0 Å². The number of hydrogen-bond acceptors (Lipinski definition) is 4. The van der Waals surface area contributed by atoms with Gasteiger partial charge in [0.15, 0.2) is 0 Å². The molecule has 1 atom stereocenters. The Bertz CT molecular complexity index is 678. The highest BCUT2D eigenvalue weighted by Crippen LogP contribution is 2.13. The zero-order chi connectivity index (χ0) is 16.9. The van der Waals surface area contributed by atoms with Crippen LogP contribution in [0.4, 0.5) is 5.69 Å². The topological polar surface area (TPSA) is 91.6 Å². The molecule has 122 valence electrons. The fourth-order valence-electron chi connectivity index (χ4n) is 2.11. The van der Waals surface area contributed by atoms with Gasteiger partial charge in [0, 0.05) is 18.7 Å². The largest absolute Gasteiger partial charge is 0.469 e. The molecule has 1 aromatic heterocycles. The van der Waals surface area contributed by atoms with Crippen molar-refractivity contribution >= 4 is 17.5 Å². The summed E-state index contributed by atoms with van der Waals surface area (Å²) in [6.07, 6.45) is 1.75. The first-order chi connectivity index (χ1) is 10.9. The molecule has 0 fully saturated rings. The number of anilines is 1. The van der Waals surface area contributed by atoms with Crippen LogP contribution < -0.4 is 10.6 Å². The van der Waals surface area contributed by atoms with Gasteiger partial charge < -0.3 is 20.2 Å². The van der Waals surface area contributed by atoms with E-state index in [2.05, 4.69) is 10.6 Å². The third-order valence-electron chi connectivity index (χ3n) is 3.25. The molecule has 1 aromatic carbocycles. The summed E-state index contributed by atoms with van der Waals surface area (Å²) in [5, 5.41) is 15.2. The van der Waals surface area contributed by atoms with E-state index in [0.29, 0.717) is 11.4 Å². The van der Waals surface area contributed by atoms with Gasteiger partial charge in [-0.2, -0.15) is 0 Å². The van der Waals surface area contributed by atoms with Gasteiger partial charge in [0.25, 0.3) is 0 Å². The van der Waals surface area contributed by atoms with Gasteiger partial charge in [0.1, 0.15) is 5.76 Å². The van der Waals surface area contributed by atoms with Crippen LogP contribution in [0.1, 0.15) is 18.2 Å². The first-order valence-corrected chi connectivity index (χ1v) is 7.26. The number of nitrogens with one attached hydrogen (secondary N) is 2. The number of benzene rings is 1. The van der Waals surface area contributed by atoms with Gasteiger partial charge in [-0.05, 0) is 43.7 Å². The van der Waals surface area contributed by atoms with E-state index < -0.39 is 17.4 Å². The Kier molecular flexibility index (Phi) is 5.18. The summed E-state index contributed by atoms with van der Waals surface area (Å²) in [6, 6.07) is 10.6. The smallest absolute Gasteiger partial charge is 0.313 e. The molecule has 0 spiro atoms. The number of furan rings is 1. The molecule has 0 saturated heterocycles. The van der Waals surface area contributed by atoms with E-state index in [9.17, 15) is 14.7 Å². The Hall–Kier alpha value is -2.60. The van der Waals surface area contributed by atoms with E-state index in [1.807, 2.05) is 13.0 Å². The van der Waals surface area contributed by atoms with Crippen LogP contribution in [0.25, 0.3) is 0 Å². The van der Waals surface area contributed by atoms with Crippen molar-refractivity contribution in [2.75, 3.05) is 11.9 Å². The third-order valence-corrected chi connectivity index (χ3v) is 3.25. The zero-order valence-electron chi connectivity index (χ0n) is 13.1. The Balaban J connectivity index is 1.84. The van der Waals surface area contributed by atoms with Gasteiger partial charge in [-0.3, -0.25) is 9.59 Å². The van der Waals surface area contributed by atoms with Gasteiger partial charge >= 0.3 is 11.8 Å². The lowest BCUT2D eigenvalue weighted by molar-refractivity contribution is -0.136. The molecule has 0 saturated carbocycles. The molecule has 1 heterocycles. The van der Waals surface area contributed by atoms with Crippen LogP contribution in [0.2, 0.25) is 0 Å². The minimum Gasteiger partial charge on any atom is -0.469 e. The van der Waals surface area contributed by atoms with Crippen LogP contribution >= 0.6 is 0 Å². The lowest BCUT2D eigenvalue weighted by atomic mass is 10.0. The van der Waals surface area contributed by atoms with Crippen molar-refractivity contribution in [3.8, 4) is 0 Å². The Labute approximate surface area is 134 Å². The highest BCUT2D eigenvalue weighted by molar-refractivity contribution is 6.39. The Morgan fingerprint density at radius 2 is 2.00 bits per heavy atom. The van der Waals surface area contributed by atoms with Crippen molar-refractivity contribution in [2.45, 2.75) is 25.9 Å². The lowest BCUT2D eigenvalue weighted by Gasteiger charge is -2.22. The average Bonchev–Trinajstić information content (AvgIpc) is 2.97. The van der Waals surface area contributed by atoms with E-state index >= 15 is 0 Å². The number of aryl methyl sites for hydroxylation is 1. The maximum absolute atomic E-state index is 11.8. The van der Waals surface area contributed by atoms with Crippen LogP contribution in [0.15, 0.2) is 47.1 Å². The van der Waals surface area contributed by atoms with E-state index in [1.54, 1.807) is 37.3 Å². The van der Waals surface area contributed by atoms with E-state index in [1.165, 1.54) is 6.26 Å². The number of amides is 2. The standard InChI is InChI=1S/C17H20N2O4/c1-12-5-3-6-13(9-12)19-16(21)15(20)18-11-17(2,22)10-14-7-4-8-23-14/h3-9,22H,10-11H2,1-2H3,(H,18,20)(H,19,21). The number of carbonyl (C=O) groups is 2. The summed E-state index contributed by atoms with van der Waals surface area (Å²) >= 11 is 0. The summed E-state index contributed by atoms with van der Waals surface area (Å²) in [5.41, 5.74) is 0.314. The second kappa shape index (κ2) is 7.11. The van der Waals surface area contributed by atoms with Crippen molar-refractivity contribution < 1.29 is 19.1 Å². The summed E-state index contributed by atoms with van der Waals surface area (Å²) in [6.45, 7) is 3.39. The van der Waals surface area contributed by atoms with Gasteiger partial charge in [0.05, 0.1) is 11.9 Å². The van der Waals surface area contributed by atoms with Crippen LogP contribution in [0, 0.1) is 6.92 Å². The number of aliphatic hydroxyl groups is 1. The molecule has 2 aromatic rings. The highest BCUT2D eigenvalue weighted by Gasteiger charge is 2.25. The van der Waals surface area contributed by atoms with Crippen molar-refractivity contribution in [3.05, 3.63) is 54.0 Å². The quantitative estimate of drug-likeness (QED) is 0.731. The van der Waals surface area contributed by atoms with Gasteiger partial charge in [0.2, 0.25) is 0 Å². The molecule has 3 N–H and O–H groups in total. The first-order valence-electron chi connectivity index (χ1n) is 7.26. The highest BCUT2D eigenvalue weighted by atomic mass is 16.3. The molecule has 6 nitrogen and oxygen atoms in total. The molecule has 0 bridgehead atoms. The molecule has 0 aliphatic carbocycles. The summed E-state index contributed by atoms with van der Waals surface area (Å²) < 4.78 is 5.16. The fourth-order valence-corrected chi connectivity index (χ4v) is 2.11. The van der Waals surface area contributed by atoms with Crippen molar-refractivity contribution in [1.82, 2.24) is 5.32 Å². The summed E-state index contributed by atoms with van der Waals surface area (Å²) in [5.74, 6) is -0.968. The zero-order valence-corrected chi connectivity index (χ0v) is 13.1. The number of carbonyl (C=O) groups excluding carboxylic acids is 2. The average molecular weight is 316 g/mol. The minimum atomic E-state index is -1.21. The minimum absolute atomic E-state index is 0.0617. The van der Waals surface area contributed by atoms with Crippen molar-refractivity contribution in [1.29, 1.82) is 0 Å². The van der Waals surface area contributed by atoms with Crippen LogP contribution in [0.5, 0.6) is 0 Å². The first kappa shape index (κ1) is 16.8. The van der Waals surface area contributed by atoms with Crippen LogP contribution in [-0.2, 0) is 16.0 Å². The molecule has 0 radical (unpaired) electrons. The molecule has 1 unspecified atom stereocenters. The molecule has 0 aliphatic rings. The molecule has 0 aliphatic heterocycles. The predicted molar refractivity (Wildman–Crippen MR) is 85.9 cm³/mol. The Morgan fingerprint density at radius 1 is 1.22 bits per heavy atom. The molecule has 2 amide bonds. The molecule has 23 heavy (non-hydrogen) atoms. The molecular formula is C17H20N2O4. The van der Waals surface area contributed by atoms with E-state index in [-0.39, 0.29) is 13.0 Å². The van der Waals surface area contributed by atoms with Crippen LogP contribution in [-0.4, -0.2) is 29.1 Å². The van der Waals surface area contributed by atoms with Gasteiger partial charge in [-0.1, -0.05) is 12.1 Å². The van der Waals surface area contributed by atoms with Gasteiger partial charge in [-0.25, -0.2) is 0 Å². The maximum atomic E-state index is 11.8. The summed E-state index contributed by atoms with van der Waals surface area (Å²) in [7, 11) is 0. The summed E-state index contributed by atoms with van der Waals surface area (Å²) in [4.78, 5) is 23.7. The normalized spacial score (nSPS) is 13.2. The number of rotatable bonds is 5. The van der Waals surface area contributed by atoms with E-state index in [0.717, 1.165) is 5.56 Å². The second-order valence-electron chi connectivity index (χ2n) is 5.76. The maximum Gasteiger partial charge on any atom is 0.313 e. The lowest BCUT2D eigenvalue weighted by Crippen LogP contribution is -2.45. The number of hydrogen-bond donors (Lipinski definition) is 3. The Morgan fingerprint density at radius 3 is 2.65 bits per heavy atom. The molecular weight excluding hydrogens is 296 g/mol. The van der Waals surface area contributed by atoms with E-state index in [4.69, 9.17) is 4.42 Å². The monoisotopic (exact) mass is 316 g/mol. The SMILES string of the molecule is Cc1cccc(NC(=O)C(=O)NCC(C)(O)Cc2ccco2)c1. The fraction of sp³-hybridized carbons (Fsp3) is 0.294. The molecule has 2 rings (SSSR count). The predicted octanol–water partition coefficient (Wildman–Crippen LogP) is 1.64. The van der Waals surface area contributed by atoms with Crippen LogP contribution in [0.3, 0.4) is 0 Å². The molecule has 6 heteroatoms.